The van der Waals surface area contributed by atoms with Gasteiger partial charge in [0.25, 0.3) is 11.6 Å². The summed E-state index contributed by atoms with van der Waals surface area (Å²) in [6.07, 6.45) is 0. The van der Waals surface area contributed by atoms with Crippen LogP contribution >= 0.6 is 11.6 Å². The number of rotatable bonds is 5. The molecule has 0 radical (unpaired) electrons. The summed E-state index contributed by atoms with van der Waals surface area (Å²) in [4.78, 5) is 33.6. The van der Waals surface area contributed by atoms with E-state index in [2.05, 4.69) is 4.74 Å². The van der Waals surface area contributed by atoms with Crippen LogP contribution in [0.15, 0.2) is 30.3 Å². The number of hydrogen-bond donors (Lipinski definition) is 1. The first-order chi connectivity index (χ1) is 12.2. The van der Waals surface area contributed by atoms with Crippen molar-refractivity contribution in [1.29, 1.82) is 0 Å². The number of hydrogen-bond acceptors (Lipinski definition) is 5. The molecule has 2 aromatic rings. The van der Waals surface area contributed by atoms with Gasteiger partial charge in [-0.1, -0.05) is 11.6 Å². The summed E-state index contributed by atoms with van der Waals surface area (Å²) in [5.74, 6) is -7.15. The van der Waals surface area contributed by atoms with Crippen molar-refractivity contribution in [2.75, 3.05) is 11.9 Å². The Morgan fingerprint density at radius 1 is 1.15 bits per heavy atom. The maximum absolute atomic E-state index is 13.4. The standard InChI is InChI=1S/C15H8ClF3N2O5/c16-7-1-4-11(21(24)25)8(5-7)15(23)26-6-12(22)20-10-3-2-9(17)13(18)14(10)19/h1-5H,6H2,(H,20,22). The number of carbonyl (C=O) groups is 2. The molecule has 2 aromatic carbocycles. The lowest BCUT2D eigenvalue weighted by Gasteiger charge is -2.08. The van der Waals surface area contributed by atoms with E-state index in [1.165, 1.54) is 6.07 Å². The highest BCUT2D eigenvalue weighted by molar-refractivity contribution is 6.31. The van der Waals surface area contributed by atoms with Gasteiger partial charge in [-0.05, 0) is 24.3 Å². The number of amides is 1. The van der Waals surface area contributed by atoms with Crippen molar-refractivity contribution < 1.29 is 32.4 Å². The van der Waals surface area contributed by atoms with E-state index < -0.39 is 57.8 Å². The smallest absolute Gasteiger partial charge is 0.345 e. The fraction of sp³-hybridized carbons (Fsp3) is 0.0667. The van der Waals surface area contributed by atoms with E-state index in [9.17, 15) is 32.9 Å². The number of anilines is 1. The zero-order chi connectivity index (χ0) is 19.4. The third-order valence-electron chi connectivity index (χ3n) is 3.02. The van der Waals surface area contributed by atoms with Gasteiger partial charge in [0.2, 0.25) is 0 Å². The zero-order valence-electron chi connectivity index (χ0n) is 12.6. The van der Waals surface area contributed by atoms with Crippen molar-refractivity contribution in [1.82, 2.24) is 0 Å². The van der Waals surface area contributed by atoms with Crippen molar-refractivity contribution >= 4 is 34.9 Å². The molecule has 0 unspecified atom stereocenters. The highest BCUT2D eigenvalue weighted by atomic mass is 35.5. The number of halogens is 4. The molecule has 26 heavy (non-hydrogen) atoms. The Kier molecular flexibility index (Phi) is 5.78. The first-order valence-corrected chi connectivity index (χ1v) is 7.13. The van der Waals surface area contributed by atoms with Crippen molar-refractivity contribution in [3.8, 4) is 0 Å². The average Bonchev–Trinajstić information content (AvgIpc) is 2.59. The van der Waals surface area contributed by atoms with Gasteiger partial charge in [-0.3, -0.25) is 14.9 Å². The highest BCUT2D eigenvalue weighted by Crippen LogP contribution is 2.23. The molecule has 0 atom stereocenters. The predicted molar refractivity (Wildman–Crippen MR) is 83.3 cm³/mol. The normalized spacial score (nSPS) is 10.3. The zero-order valence-corrected chi connectivity index (χ0v) is 13.4. The minimum absolute atomic E-state index is 0.0239. The van der Waals surface area contributed by atoms with Crippen molar-refractivity contribution in [2.24, 2.45) is 0 Å². The van der Waals surface area contributed by atoms with Crippen LogP contribution in [0.1, 0.15) is 10.4 Å². The summed E-state index contributed by atoms with van der Waals surface area (Å²) in [6, 6.07) is 4.52. The lowest BCUT2D eigenvalue weighted by molar-refractivity contribution is -0.385. The minimum atomic E-state index is -1.78. The number of esters is 1. The van der Waals surface area contributed by atoms with E-state index in [0.717, 1.165) is 18.2 Å². The number of carbonyl (C=O) groups excluding carboxylic acids is 2. The van der Waals surface area contributed by atoms with E-state index in [1.54, 1.807) is 0 Å². The monoisotopic (exact) mass is 388 g/mol. The topological polar surface area (TPSA) is 98.5 Å². The van der Waals surface area contributed by atoms with Crippen LogP contribution in [0.25, 0.3) is 0 Å². The van der Waals surface area contributed by atoms with Gasteiger partial charge in [0.15, 0.2) is 24.1 Å². The molecular weight excluding hydrogens is 381 g/mol. The lowest BCUT2D eigenvalue weighted by Crippen LogP contribution is -2.22. The predicted octanol–water partition coefficient (Wildman–Crippen LogP) is 3.46. The Balaban J connectivity index is 2.06. The SMILES string of the molecule is O=C(COC(=O)c1cc(Cl)ccc1[N+](=O)[O-])Nc1ccc(F)c(F)c1F. The van der Waals surface area contributed by atoms with Crippen molar-refractivity contribution in [3.05, 3.63) is 68.5 Å². The van der Waals surface area contributed by atoms with Crippen molar-refractivity contribution in [2.45, 2.75) is 0 Å². The Labute approximate surface area is 148 Å². The fourth-order valence-corrected chi connectivity index (χ4v) is 2.02. The molecule has 0 saturated carbocycles. The van der Waals surface area contributed by atoms with Gasteiger partial charge in [-0.25, -0.2) is 18.0 Å². The lowest BCUT2D eigenvalue weighted by atomic mass is 10.2. The molecule has 2 rings (SSSR count). The van der Waals surface area contributed by atoms with Gasteiger partial charge in [0.1, 0.15) is 5.56 Å². The van der Waals surface area contributed by atoms with Gasteiger partial charge >= 0.3 is 5.97 Å². The second kappa shape index (κ2) is 7.83. The van der Waals surface area contributed by atoms with Crippen molar-refractivity contribution in [3.63, 3.8) is 0 Å². The molecular formula is C15H8ClF3N2O5. The van der Waals surface area contributed by atoms with Crippen LogP contribution < -0.4 is 5.32 Å². The molecule has 0 saturated heterocycles. The highest BCUT2D eigenvalue weighted by Gasteiger charge is 2.23. The second-order valence-corrected chi connectivity index (χ2v) is 5.20. The number of nitrogens with zero attached hydrogens (tertiary/aromatic N) is 1. The number of nitrogens with one attached hydrogen (secondary N) is 1. The molecule has 0 fully saturated rings. The van der Waals surface area contributed by atoms with Crippen LogP contribution in [0.5, 0.6) is 0 Å². The molecule has 136 valence electrons. The molecule has 0 aliphatic heterocycles. The largest absolute Gasteiger partial charge is 0.452 e. The van der Waals surface area contributed by atoms with Gasteiger partial charge in [-0.2, -0.15) is 0 Å². The molecule has 0 bridgehead atoms. The Morgan fingerprint density at radius 3 is 2.50 bits per heavy atom. The van der Waals surface area contributed by atoms with Gasteiger partial charge in [0.05, 0.1) is 10.6 Å². The average molecular weight is 389 g/mol. The summed E-state index contributed by atoms with van der Waals surface area (Å²) in [5, 5.41) is 12.8. The van der Waals surface area contributed by atoms with Crippen LogP contribution in [0.3, 0.4) is 0 Å². The first kappa shape index (κ1) is 19.2. The fourth-order valence-electron chi connectivity index (χ4n) is 1.85. The van der Waals surface area contributed by atoms with E-state index in [0.29, 0.717) is 6.07 Å². The van der Waals surface area contributed by atoms with Crippen LogP contribution in [-0.2, 0) is 9.53 Å². The Hall–Kier alpha value is -3.14. The molecule has 0 heterocycles. The first-order valence-electron chi connectivity index (χ1n) is 6.75. The number of nitro groups is 1. The molecule has 0 aromatic heterocycles. The third kappa shape index (κ3) is 4.28. The van der Waals surface area contributed by atoms with Crippen LogP contribution in [0.2, 0.25) is 5.02 Å². The summed E-state index contributed by atoms with van der Waals surface area (Å²) < 4.78 is 43.9. The van der Waals surface area contributed by atoms with E-state index in [1.807, 2.05) is 5.32 Å². The number of ether oxygens (including phenoxy) is 1. The molecule has 0 aliphatic rings. The molecule has 7 nitrogen and oxygen atoms in total. The molecule has 0 aliphatic carbocycles. The summed E-state index contributed by atoms with van der Waals surface area (Å²) in [5.41, 5.74) is -1.75. The van der Waals surface area contributed by atoms with Crippen LogP contribution in [-0.4, -0.2) is 23.4 Å². The Bertz CT molecular complexity index is 907. The maximum atomic E-state index is 13.4. The maximum Gasteiger partial charge on any atom is 0.345 e. The van der Waals surface area contributed by atoms with Crippen LogP contribution in [0, 0.1) is 27.6 Å². The number of benzene rings is 2. The van der Waals surface area contributed by atoms with Crippen LogP contribution in [0.4, 0.5) is 24.5 Å². The molecule has 11 heteroatoms. The molecule has 0 spiro atoms. The van der Waals surface area contributed by atoms with Gasteiger partial charge < -0.3 is 10.1 Å². The molecule has 1 amide bonds. The minimum Gasteiger partial charge on any atom is -0.452 e. The van der Waals surface area contributed by atoms with Gasteiger partial charge in [-0.15, -0.1) is 0 Å². The summed E-state index contributed by atoms with van der Waals surface area (Å²) in [6.45, 7) is -0.957. The Morgan fingerprint density at radius 2 is 1.85 bits per heavy atom. The van der Waals surface area contributed by atoms with E-state index >= 15 is 0 Å². The van der Waals surface area contributed by atoms with Gasteiger partial charge in [0, 0.05) is 11.1 Å². The number of nitro benzene ring substituents is 1. The third-order valence-corrected chi connectivity index (χ3v) is 3.25. The second-order valence-electron chi connectivity index (χ2n) is 4.77. The van der Waals surface area contributed by atoms with E-state index in [4.69, 9.17) is 11.6 Å². The van der Waals surface area contributed by atoms with E-state index in [-0.39, 0.29) is 5.02 Å². The molecule has 1 N–H and O–H groups in total. The quantitative estimate of drug-likeness (QED) is 0.366. The summed E-state index contributed by atoms with van der Waals surface area (Å²) >= 11 is 5.66. The summed E-state index contributed by atoms with van der Waals surface area (Å²) in [7, 11) is 0.